The van der Waals surface area contributed by atoms with E-state index in [1.54, 1.807) is 0 Å². The summed E-state index contributed by atoms with van der Waals surface area (Å²) in [6.45, 7) is 3.87. The molecule has 78 valence electrons. The van der Waals surface area contributed by atoms with Crippen LogP contribution in [-0.4, -0.2) is 9.36 Å². The van der Waals surface area contributed by atoms with E-state index in [1.165, 1.54) is 6.42 Å². The van der Waals surface area contributed by atoms with Crippen LogP contribution in [0.15, 0.2) is 23.0 Å². The molecule has 0 unspecified atom stereocenters. The molecule has 1 aliphatic rings. The summed E-state index contributed by atoms with van der Waals surface area (Å²) in [4.78, 5) is 12.1. The third kappa shape index (κ3) is 1.16. The molecule has 3 rings (SSSR count). The second-order valence-corrected chi connectivity index (χ2v) is 4.28. The van der Waals surface area contributed by atoms with E-state index in [9.17, 15) is 4.79 Å². The minimum atomic E-state index is 0.174. The minimum Gasteiger partial charge on any atom is -0.282 e. The zero-order chi connectivity index (χ0) is 10.4. The second kappa shape index (κ2) is 2.99. The van der Waals surface area contributed by atoms with Crippen LogP contribution in [0.1, 0.15) is 18.4 Å². The normalized spacial score (nSPS) is 15.5. The number of aryl methyl sites for hydroxylation is 2. The average molecular weight is 202 g/mol. The molecule has 3 heteroatoms. The van der Waals surface area contributed by atoms with Crippen LogP contribution in [-0.2, 0) is 13.1 Å². The molecule has 0 atom stereocenters. The Hall–Kier alpha value is -1.51. The summed E-state index contributed by atoms with van der Waals surface area (Å²) >= 11 is 0. The maximum atomic E-state index is 12.1. The molecule has 0 aliphatic carbocycles. The summed E-state index contributed by atoms with van der Waals surface area (Å²) in [6.07, 6.45) is 2.30. The first-order valence-electron chi connectivity index (χ1n) is 5.47. The Morgan fingerprint density at radius 3 is 2.67 bits per heavy atom. The van der Waals surface area contributed by atoms with Crippen molar-refractivity contribution >= 4 is 10.9 Å². The van der Waals surface area contributed by atoms with Crippen molar-refractivity contribution in [1.82, 2.24) is 9.36 Å². The van der Waals surface area contributed by atoms with Gasteiger partial charge >= 0.3 is 0 Å². The molecule has 2 aromatic rings. The zero-order valence-electron chi connectivity index (χ0n) is 8.86. The smallest absolute Gasteiger partial charge is 0.274 e. The van der Waals surface area contributed by atoms with E-state index in [0.29, 0.717) is 0 Å². The van der Waals surface area contributed by atoms with E-state index in [1.807, 2.05) is 17.7 Å². The van der Waals surface area contributed by atoms with E-state index in [-0.39, 0.29) is 5.56 Å². The van der Waals surface area contributed by atoms with Gasteiger partial charge in [0.2, 0.25) is 0 Å². The van der Waals surface area contributed by atoms with Gasteiger partial charge in [-0.15, -0.1) is 0 Å². The summed E-state index contributed by atoms with van der Waals surface area (Å²) in [6, 6.07) is 6.13. The monoisotopic (exact) mass is 202 g/mol. The second-order valence-electron chi connectivity index (χ2n) is 4.28. The lowest BCUT2D eigenvalue weighted by Crippen LogP contribution is -2.26. The fraction of sp³-hybridized carbons (Fsp3) is 0.417. The Morgan fingerprint density at radius 1 is 1.13 bits per heavy atom. The quantitative estimate of drug-likeness (QED) is 0.641. The first-order valence-corrected chi connectivity index (χ1v) is 5.47. The highest BCUT2D eigenvalue weighted by Gasteiger charge is 2.15. The number of hydrogen-bond acceptors (Lipinski definition) is 1. The lowest BCUT2D eigenvalue weighted by Gasteiger charge is -2.17. The van der Waals surface area contributed by atoms with Crippen LogP contribution in [0.5, 0.6) is 0 Å². The van der Waals surface area contributed by atoms with Crippen molar-refractivity contribution < 1.29 is 0 Å². The van der Waals surface area contributed by atoms with Gasteiger partial charge in [0, 0.05) is 13.1 Å². The SMILES string of the molecule is Cc1ccc2c(c1)c(=O)n1n2CCCC1. The Bertz CT molecular complexity index is 577. The van der Waals surface area contributed by atoms with Crippen LogP contribution in [0.4, 0.5) is 0 Å². The van der Waals surface area contributed by atoms with Crippen molar-refractivity contribution in [2.75, 3.05) is 0 Å². The molecule has 0 bridgehead atoms. The Kier molecular flexibility index (Phi) is 1.75. The molecule has 3 nitrogen and oxygen atoms in total. The molecule has 1 aliphatic heterocycles. The van der Waals surface area contributed by atoms with Gasteiger partial charge in [0.25, 0.3) is 5.56 Å². The van der Waals surface area contributed by atoms with Crippen molar-refractivity contribution in [3.8, 4) is 0 Å². The summed E-state index contributed by atoms with van der Waals surface area (Å²) in [7, 11) is 0. The van der Waals surface area contributed by atoms with Gasteiger partial charge in [-0.05, 0) is 31.9 Å². The summed E-state index contributed by atoms with van der Waals surface area (Å²) < 4.78 is 4.01. The average Bonchev–Trinajstić information content (AvgIpc) is 2.54. The molecule has 1 aromatic heterocycles. The standard InChI is InChI=1S/C12H14N2O/c1-9-4-5-11-10(8-9)12(15)14-7-3-2-6-13(11)14/h4-5,8H,2-3,6-7H2,1H3. The van der Waals surface area contributed by atoms with Gasteiger partial charge in [0.05, 0.1) is 10.9 Å². The van der Waals surface area contributed by atoms with Crippen molar-refractivity contribution in [1.29, 1.82) is 0 Å². The third-order valence-corrected chi connectivity index (χ3v) is 3.18. The number of nitrogens with zero attached hydrogens (tertiary/aromatic N) is 2. The van der Waals surface area contributed by atoms with E-state index < -0.39 is 0 Å². The third-order valence-electron chi connectivity index (χ3n) is 3.18. The van der Waals surface area contributed by atoms with Gasteiger partial charge < -0.3 is 0 Å². The lowest BCUT2D eigenvalue weighted by molar-refractivity contribution is 0.365. The van der Waals surface area contributed by atoms with Gasteiger partial charge in [0.15, 0.2) is 0 Å². The summed E-state index contributed by atoms with van der Waals surface area (Å²) in [5, 5.41) is 0.872. The molecule has 15 heavy (non-hydrogen) atoms. The minimum absolute atomic E-state index is 0.174. The fourth-order valence-electron chi connectivity index (χ4n) is 2.41. The molecule has 2 heterocycles. The Morgan fingerprint density at radius 2 is 1.87 bits per heavy atom. The van der Waals surface area contributed by atoms with Gasteiger partial charge in [-0.3, -0.25) is 9.48 Å². The first-order chi connectivity index (χ1) is 7.27. The molecule has 1 aromatic carbocycles. The van der Waals surface area contributed by atoms with Gasteiger partial charge in [-0.25, -0.2) is 4.68 Å². The van der Waals surface area contributed by atoms with Crippen molar-refractivity contribution in [3.05, 3.63) is 34.1 Å². The molecule has 0 spiro atoms. The molecule has 0 saturated carbocycles. The predicted molar refractivity (Wildman–Crippen MR) is 60.2 cm³/mol. The maximum Gasteiger partial charge on any atom is 0.274 e. The van der Waals surface area contributed by atoms with Gasteiger partial charge in [-0.2, -0.15) is 0 Å². The summed E-state index contributed by atoms with van der Waals surface area (Å²) in [5.41, 5.74) is 2.42. The number of benzene rings is 1. The number of aromatic nitrogens is 2. The van der Waals surface area contributed by atoms with Crippen molar-refractivity contribution in [2.24, 2.45) is 0 Å². The van der Waals surface area contributed by atoms with E-state index >= 15 is 0 Å². The predicted octanol–water partition coefficient (Wildman–Crippen LogP) is 1.91. The van der Waals surface area contributed by atoms with Crippen molar-refractivity contribution in [3.63, 3.8) is 0 Å². The molecule has 0 N–H and O–H groups in total. The molecule has 0 saturated heterocycles. The molecule has 0 radical (unpaired) electrons. The van der Waals surface area contributed by atoms with Crippen LogP contribution < -0.4 is 5.56 Å². The van der Waals surface area contributed by atoms with Crippen molar-refractivity contribution in [2.45, 2.75) is 32.9 Å². The highest BCUT2D eigenvalue weighted by atomic mass is 16.1. The number of rotatable bonds is 0. The lowest BCUT2D eigenvalue weighted by atomic mass is 10.2. The zero-order valence-corrected chi connectivity index (χ0v) is 8.86. The highest BCUT2D eigenvalue weighted by molar-refractivity contribution is 5.79. The van der Waals surface area contributed by atoms with E-state index in [0.717, 1.165) is 36.0 Å². The first kappa shape index (κ1) is 8.77. The van der Waals surface area contributed by atoms with Crippen LogP contribution in [0.2, 0.25) is 0 Å². The molecular formula is C12H14N2O. The fourth-order valence-corrected chi connectivity index (χ4v) is 2.41. The maximum absolute atomic E-state index is 12.1. The Labute approximate surface area is 87.9 Å². The van der Waals surface area contributed by atoms with Crippen LogP contribution in [0.3, 0.4) is 0 Å². The molecule has 0 amide bonds. The van der Waals surface area contributed by atoms with Crippen LogP contribution in [0, 0.1) is 6.92 Å². The molecular weight excluding hydrogens is 188 g/mol. The summed E-state index contributed by atoms with van der Waals surface area (Å²) in [5.74, 6) is 0. The van der Waals surface area contributed by atoms with E-state index in [4.69, 9.17) is 0 Å². The van der Waals surface area contributed by atoms with Crippen LogP contribution in [0.25, 0.3) is 10.9 Å². The Balaban J connectivity index is 2.44. The molecule has 0 fully saturated rings. The topological polar surface area (TPSA) is 26.9 Å². The van der Waals surface area contributed by atoms with Crippen LogP contribution >= 0.6 is 0 Å². The largest absolute Gasteiger partial charge is 0.282 e. The van der Waals surface area contributed by atoms with Gasteiger partial charge in [-0.1, -0.05) is 11.6 Å². The number of fused-ring (bicyclic) bond motifs is 3. The van der Waals surface area contributed by atoms with Gasteiger partial charge in [0.1, 0.15) is 0 Å². The number of hydrogen-bond donors (Lipinski definition) is 0. The van der Waals surface area contributed by atoms with E-state index in [2.05, 4.69) is 16.8 Å². The highest BCUT2D eigenvalue weighted by Crippen LogP contribution is 2.17.